The van der Waals surface area contributed by atoms with Crippen LogP contribution in [0.4, 0.5) is 17.3 Å². The number of rotatable bonds is 5. The zero-order chi connectivity index (χ0) is 22.2. The molecule has 0 bridgehead atoms. The van der Waals surface area contributed by atoms with Crippen molar-refractivity contribution >= 4 is 28.9 Å². The summed E-state index contributed by atoms with van der Waals surface area (Å²) in [4.78, 5) is 30.0. The Kier molecular flexibility index (Phi) is 4.74. The van der Waals surface area contributed by atoms with Gasteiger partial charge in [-0.25, -0.2) is 18.9 Å². The molecule has 2 aromatic carbocycles. The molecule has 0 saturated carbocycles. The van der Waals surface area contributed by atoms with Crippen molar-refractivity contribution in [1.82, 2.24) is 19.2 Å². The molecule has 10 heteroatoms. The predicted molar refractivity (Wildman–Crippen MR) is 118 cm³/mol. The molecular weight excluding hydrogens is 412 g/mol. The number of hydrogen-bond acceptors (Lipinski definition) is 7. The van der Waals surface area contributed by atoms with Crippen LogP contribution in [0.1, 0.15) is 11.3 Å². The van der Waals surface area contributed by atoms with Crippen molar-refractivity contribution in [3.8, 4) is 11.5 Å². The smallest absolute Gasteiger partial charge is 0.353 e. The highest BCUT2D eigenvalue weighted by atomic mass is 16.7. The van der Waals surface area contributed by atoms with Gasteiger partial charge in [-0.1, -0.05) is 17.7 Å². The third-order valence-electron chi connectivity index (χ3n) is 4.95. The summed E-state index contributed by atoms with van der Waals surface area (Å²) in [6, 6.07) is 14.5. The number of anilines is 3. The van der Waals surface area contributed by atoms with Crippen LogP contribution in [0.3, 0.4) is 0 Å². The highest BCUT2D eigenvalue weighted by Crippen LogP contribution is 2.34. The largest absolute Gasteiger partial charge is 0.454 e. The number of aromatic nitrogens is 4. The Morgan fingerprint density at radius 3 is 2.59 bits per heavy atom. The summed E-state index contributed by atoms with van der Waals surface area (Å²) in [5.74, 6) is 1.11. The maximum Gasteiger partial charge on any atom is 0.353 e. The third-order valence-corrected chi connectivity index (χ3v) is 4.95. The molecule has 0 spiro atoms. The minimum Gasteiger partial charge on any atom is -0.454 e. The number of hydrogen-bond donors (Lipinski definition) is 2. The summed E-state index contributed by atoms with van der Waals surface area (Å²) >= 11 is 0. The van der Waals surface area contributed by atoms with Crippen molar-refractivity contribution in [2.75, 3.05) is 17.4 Å². The van der Waals surface area contributed by atoms with Crippen LogP contribution in [-0.2, 0) is 11.3 Å². The van der Waals surface area contributed by atoms with Gasteiger partial charge in [0.05, 0.1) is 0 Å². The Balaban J connectivity index is 1.41. The molecule has 2 aromatic heterocycles. The standard InChI is InChI=1S/C22H20N6O4/c1-13-3-5-15(6-4-13)25-21-23-14(2)9-19-26-27(22(30)28(19)21)11-20(29)24-16-7-8-17-18(10-16)32-12-31-17/h3-10H,11-12H2,1-2H3,(H,23,25)(H,24,29). The topological polar surface area (TPSA) is 112 Å². The Bertz CT molecular complexity index is 1390. The van der Waals surface area contributed by atoms with Crippen LogP contribution in [0.15, 0.2) is 53.3 Å². The van der Waals surface area contributed by atoms with Gasteiger partial charge in [0, 0.05) is 29.2 Å². The summed E-state index contributed by atoms with van der Waals surface area (Å²) in [7, 11) is 0. The van der Waals surface area contributed by atoms with Crippen molar-refractivity contribution in [2.24, 2.45) is 0 Å². The molecule has 1 amide bonds. The van der Waals surface area contributed by atoms with E-state index < -0.39 is 11.6 Å². The van der Waals surface area contributed by atoms with Gasteiger partial charge in [0.1, 0.15) is 6.54 Å². The molecule has 0 saturated heterocycles. The first-order chi connectivity index (χ1) is 15.5. The molecule has 3 heterocycles. The molecule has 1 aliphatic heterocycles. The van der Waals surface area contributed by atoms with Gasteiger partial charge in [-0.3, -0.25) is 4.79 Å². The van der Waals surface area contributed by atoms with Crippen LogP contribution >= 0.6 is 0 Å². The number of ether oxygens (including phenoxy) is 2. The van der Waals surface area contributed by atoms with Gasteiger partial charge in [-0.15, -0.1) is 5.10 Å². The second-order valence-electron chi connectivity index (χ2n) is 7.46. The number of fused-ring (bicyclic) bond motifs is 2. The second kappa shape index (κ2) is 7.73. The van der Waals surface area contributed by atoms with E-state index in [1.807, 2.05) is 38.1 Å². The van der Waals surface area contributed by atoms with Gasteiger partial charge in [0.25, 0.3) is 0 Å². The average Bonchev–Trinajstić information content (AvgIpc) is 3.33. The zero-order valence-electron chi connectivity index (χ0n) is 17.5. The SMILES string of the molecule is Cc1ccc(Nc2nc(C)cc3nn(CC(=O)Nc4ccc5c(c4)OCO5)c(=O)n23)cc1. The maximum absolute atomic E-state index is 13.0. The summed E-state index contributed by atoms with van der Waals surface area (Å²) < 4.78 is 13.0. The molecule has 0 aliphatic carbocycles. The molecule has 1 aliphatic rings. The number of aryl methyl sites for hydroxylation is 2. The first-order valence-electron chi connectivity index (χ1n) is 9.97. The van der Waals surface area contributed by atoms with Crippen molar-refractivity contribution in [3.63, 3.8) is 0 Å². The number of amides is 1. The quantitative estimate of drug-likeness (QED) is 0.499. The highest BCUT2D eigenvalue weighted by Gasteiger charge is 2.17. The van der Waals surface area contributed by atoms with Gasteiger partial charge >= 0.3 is 5.69 Å². The van der Waals surface area contributed by atoms with Gasteiger partial charge < -0.3 is 20.1 Å². The molecule has 32 heavy (non-hydrogen) atoms. The van der Waals surface area contributed by atoms with Gasteiger partial charge in [-0.05, 0) is 38.1 Å². The van der Waals surface area contributed by atoms with Gasteiger partial charge in [0.2, 0.25) is 18.6 Å². The van der Waals surface area contributed by atoms with Crippen molar-refractivity contribution < 1.29 is 14.3 Å². The van der Waals surface area contributed by atoms with Crippen LogP contribution in [0.25, 0.3) is 5.65 Å². The molecule has 2 N–H and O–H groups in total. The number of carbonyl (C=O) groups excluding carboxylic acids is 1. The summed E-state index contributed by atoms with van der Waals surface area (Å²) in [6.45, 7) is 3.71. The van der Waals surface area contributed by atoms with E-state index in [0.717, 1.165) is 15.9 Å². The normalized spacial score (nSPS) is 12.2. The van der Waals surface area contributed by atoms with Gasteiger partial charge in [-0.2, -0.15) is 0 Å². The highest BCUT2D eigenvalue weighted by molar-refractivity contribution is 5.90. The minimum absolute atomic E-state index is 0.149. The van der Waals surface area contributed by atoms with Crippen molar-refractivity contribution in [2.45, 2.75) is 20.4 Å². The molecule has 5 rings (SSSR count). The second-order valence-corrected chi connectivity index (χ2v) is 7.46. The summed E-state index contributed by atoms with van der Waals surface area (Å²) in [6.07, 6.45) is 0. The lowest BCUT2D eigenvalue weighted by Crippen LogP contribution is -2.29. The molecule has 4 aromatic rings. The lowest BCUT2D eigenvalue weighted by Gasteiger charge is -2.08. The summed E-state index contributed by atoms with van der Waals surface area (Å²) in [5.41, 5.74) is 3.06. The molecule has 162 valence electrons. The average molecular weight is 432 g/mol. The molecular formula is C22H20N6O4. The first kappa shape index (κ1) is 19.6. The van der Waals surface area contributed by atoms with Crippen LogP contribution in [0.5, 0.6) is 11.5 Å². The lowest BCUT2D eigenvalue weighted by atomic mass is 10.2. The van der Waals surface area contributed by atoms with Crippen LogP contribution < -0.4 is 25.8 Å². The Labute approximate surface area is 182 Å². The maximum atomic E-state index is 13.0. The number of benzene rings is 2. The molecule has 0 unspecified atom stereocenters. The number of carbonyl (C=O) groups is 1. The fraction of sp³-hybridized carbons (Fsp3) is 0.182. The van der Waals surface area contributed by atoms with E-state index in [1.165, 1.54) is 4.40 Å². The van der Waals surface area contributed by atoms with E-state index in [0.29, 0.717) is 34.5 Å². The Morgan fingerprint density at radius 2 is 1.78 bits per heavy atom. The van der Waals surface area contributed by atoms with Crippen molar-refractivity contribution in [3.05, 3.63) is 70.3 Å². The fourth-order valence-corrected chi connectivity index (χ4v) is 3.42. The van der Waals surface area contributed by atoms with E-state index in [1.54, 1.807) is 24.3 Å². The first-order valence-corrected chi connectivity index (χ1v) is 9.97. The molecule has 0 radical (unpaired) electrons. The summed E-state index contributed by atoms with van der Waals surface area (Å²) in [5, 5.41) is 10.2. The number of nitrogens with zero attached hydrogens (tertiary/aromatic N) is 4. The predicted octanol–water partition coefficient (Wildman–Crippen LogP) is 2.62. The van der Waals surface area contributed by atoms with Crippen molar-refractivity contribution in [1.29, 1.82) is 0 Å². The lowest BCUT2D eigenvalue weighted by molar-refractivity contribution is -0.117. The fourth-order valence-electron chi connectivity index (χ4n) is 3.42. The Hall–Kier alpha value is -4.34. The van der Waals surface area contributed by atoms with E-state index in [4.69, 9.17) is 9.47 Å². The zero-order valence-corrected chi connectivity index (χ0v) is 17.5. The van der Waals surface area contributed by atoms with E-state index in [9.17, 15) is 9.59 Å². The third kappa shape index (κ3) is 3.73. The van der Waals surface area contributed by atoms with Gasteiger partial charge in [0.15, 0.2) is 17.1 Å². The Morgan fingerprint density at radius 1 is 1.03 bits per heavy atom. The van der Waals surface area contributed by atoms with Crippen LogP contribution in [0, 0.1) is 13.8 Å². The van der Waals surface area contributed by atoms with Crippen LogP contribution in [0.2, 0.25) is 0 Å². The van der Waals surface area contributed by atoms with E-state index >= 15 is 0 Å². The van der Waals surface area contributed by atoms with Crippen LogP contribution in [-0.4, -0.2) is 31.9 Å². The molecule has 10 nitrogen and oxygen atoms in total. The number of nitrogens with one attached hydrogen (secondary N) is 2. The van der Waals surface area contributed by atoms with E-state index in [-0.39, 0.29) is 13.3 Å². The monoisotopic (exact) mass is 432 g/mol. The minimum atomic E-state index is -0.469. The van der Waals surface area contributed by atoms with E-state index in [2.05, 4.69) is 20.7 Å². The molecule has 0 fully saturated rings. The molecule has 0 atom stereocenters.